The molecular weight excluding hydrogens is 341 g/mol. The van der Waals surface area contributed by atoms with Crippen molar-refractivity contribution >= 4 is 39.9 Å². The van der Waals surface area contributed by atoms with Crippen molar-refractivity contribution in [2.75, 3.05) is 13.2 Å². The number of benzene rings is 1. The molecule has 1 saturated heterocycles. The second-order valence-electron chi connectivity index (χ2n) is 4.27. The van der Waals surface area contributed by atoms with E-state index in [0.717, 1.165) is 26.1 Å². The summed E-state index contributed by atoms with van der Waals surface area (Å²) in [5.41, 5.74) is 6.85. The van der Waals surface area contributed by atoms with Crippen molar-refractivity contribution in [3.63, 3.8) is 0 Å². The number of hydrogen-bond donors (Lipinski definition) is 2. The van der Waals surface area contributed by atoms with Gasteiger partial charge in [0.2, 0.25) is 0 Å². The quantitative estimate of drug-likeness (QED) is 0.850. The lowest BCUT2D eigenvalue weighted by Gasteiger charge is -2.29. The molecule has 1 aromatic carbocycles. The molecule has 0 aromatic heterocycles. The van der Waals surface area contributed by atoms with Gasteiger partial charge in [-0.2, -0.15) is 0 Å². The van der Waals surface area contributed by atoms with E-state index in [0.29, 0.717) is 21.0 Å². The molecule has 1 aromatic rings. The molecule has 6 heteroatoms. The van der Waals surface area contributed by atoms with Crippen LogP contribution in [0.25, 0.3) is 0 Å². The molecule has 0 amide bonds. The van der Waals surface area contributed by atoms with Crippen LogP contribution in [0.4, 0.5) is 0 Å². The van der Waals surface area contributed by atoms with E-state index in [9.17, 15) is 5.11 Å². The lowest BCUT2D eigenvalue weighted by molar-refractivity contribution is 0.0581. The molecule has 3 N–H and O–H groups in total. The van der Waals surface area contributed by atoms with E-state index >= 15 is 0 Å². The third kappa shape index (κ3) is 3.31. The summed E-state index contributed by atoms with van der Waals surface area (Å²) in [5, 5.41) is 10.6. The van der Waals surface area contributed by atoms with Gasteiger partial charge in [0.1, 0.15) is 5.75 Å². The Bertz CT molecular complexity index is 411. The Balaban J connectivity index is 0.00000162. The van der Waals surface area contributed by atoms with Gasteiger partial charge in [-0.05, 0) is 46.8 Å². The van der Waals surface area contributed by atoms with Gasteiger partial charge in [-0.1, -0.05) is 11.6 Å². The largest absolute Gasteiger partial charge is 0.506 e. The summed E-state index contributed by atoms with van der Waals surface area (Å²) < 4.78 is 5.93. The van der Waals surface area contributed by atoms with Crippen molar-refractivity contribution in [3.05, 3.63) is 27.2 Å². The van der Waals surface area contributed by atoms with Crippen LogP contribution in [-0.4, -0.2) is 18.3 Å². The van der Waals surface area contributed by atoms with Crippen LogP contribution in [0.3, 0.4) is 0 Å². The zero-order valence-corrected chi connectivity index (χ0v) is 12.9. The van der Waals surface area contributed by atoms with Gasteiger partial charge in [0.05, 0.1) is 4.47 Å². The molecule has 0 bridgehead atoms. The molecule has 2 rings (SSSR count). The molecule has 18 heavy (non-hydrogen) atoms. The van der Waals surface area contributed by atoms with Gasteiger partial charge in [-0.25, -0.2) is 0 Å². The average Bonchev–Trinajstić information content (AvgIpc) is 2.35. The normalized spacial score (nSPS) is 18.2. The van der Waals surface area contributed by atoms with Crippen molar-refractivity contribution in [2.45, 2.75) is 18.9 Å². The zero-order valence-electron chi connectivity index (χ0n) is 9.73. The van der Waals surface area contributed by atoms with Crippen molar-refractivity contribution in [2.24, 2.45) is 11.7 Å². The van der Waals surface area contributed by atoms with Crippen LogP contribution in [0.1, 0.15) is 24.4 Å². The van der Waals surface area contributed by atoms with E-state index in [1.54, 1.807) is 12.1 Å². The standard InChI is InChI=1S/C12H15BrClNO2.ClH/c13-8-1-2-9(14)10(12(8)16)11(15)7-3-5-17-6-4-7;/h1-2,7,11,16H,3-6,15H2;1H/t11-;/m1./s1. The smallest absolute Gasteiger partial charge is 0.136 e. The van der Waals surface area contributed by atoms with Gasteiger partial charge in [0.25, 0.3) is 0 Å². The fraction of sp³-hybridized carbons (Fsp3) is 0.500. The Morgan fingerprint density at radius 2 is 2.00 bits per heavy atom. The van der Waals surface area contributed by atoms with Crippen molar-refractivity contribution < 1.29 is 9.84 Å². The zero-order chi connectivity index (χ0) is 12.4. The minimum absolute atomic E-state index is 0. The first-order chi connectivity index (χ1) is 8.11. The van der Waals surface area contributed by atoms with Gasteiger partial charge in [-0.3, -0.25) is 0 Å². The van der Waals surface area contributed by atoms with Crippen LogP contribution in [0.2, 0.25) is 5.02 Å². The molecule has 102 valence electrons. The minimum Gasteiger partial charge on any atom is -0.506 e. The van der Waals surface area contributed by atoms with Crippen LogP contribution >= 0.6 is 39.9 Å². The maximum absolute atomic E-state index is 10.0. The van der Waals surface area contributed by atoms with Gasteiger partial charge >= 0.3 is 0 Å². The number of hydrogen-bond acceptors (Lipinski definition) is 3. The Hall–Kier alpha value is -0.000000000000000132. The highest BCUT2D eigenvalue weighted by Gasteiger charge is 2.26. The van der Waals surface area contributed by atoms with Gasteiger partial charge in [0, 0.05) is 29.8 Å². The van der Waals surface area contributed by atoms with E-state index in [4.69, 9.17) is 22.1 Å². The summed E-state index contributed by atoms with van der Waals surface area (Å²) in [6.45, 7) is 1.45. The van der Waals surface area contributed by atoms with Crippen LogP contribution in [0.5, 0.6) is 5.75 Å². The third-order valence-electron chi connectivity index (χ3n) is 3.22. The molecule has 1 aliphatic rings. The summed E-state index contributed by atoms with van der Waals surface area (Å²) in [6.07, 6.45) is 1.81. The molecule has 0 radical (unpaired) electrons. The van der Waals surface area contributed by atoms with Gasteiger partial charge < -0.3 is 15.6 Å². The summed E-state index contributed by atoms with van der Waals surface area (Å²) in [4.78, 5) is 0. The summed E-state index contributed by atoms with van der Waals surface area (Å²) >= 11 is 9.41. The topological polar surface area (TPSA) is 55.5 Å². The first-order valence-electron chi connectivity index (χ1n) is 5.61. The van der Waals surface area contributed by atoms with Crippen LogP contribution in [-0.2, 0) is 4.74 Å². The molecule has 1 atom stereocenters. The maximum Gasteiger partial charge on any atom is 0.136 e. The number of rotatable bonds is 2. The van der Waals surface area contributed by atoms with Crippen LogP contribution in [0, 0.1) is 5.92 Å². The summed E-state index contributed by atoms with van der Waals surface area (Å²) in [5.74, 6) is 0.456. The minimum atomic E-state index is -0.246. The van der Waals surface area contributed by atoms with Gasteiger partial charge in [-0.15, -0.1) is 12.4 Å². The SMILES string of the molecule is Cl.N[C@@H](c1c(Cl)ccc(Br)c1O)C1CCOCC1. The van der Waals surface area contributed by atoms with Crippen molar-refractivity contribution in [3.8, 4) is 5.75 Å². The lowest BCUT2D eigenvalue weighted by atomic mass is 9.87. The number of phenolic OH excluding ortho intramolecular Hbond substituents is 1. The molecule has 3 nitrogen and oxygen atoms in total. The second kappa shape index (κ2) is 6.96. The van der Waals surface area contributed by atoms with Crippen LogP contribution < -0.4 is 5.73 Å². The summed E-state index contributed by atoms with van der Waals surface area (Å²) in [6, 6.07) is 3.22. The Morgan fingerprint density at radius 3 is 2.61 bits per heavy atom. The predicted octanol–water partition coefficient (Wildman–Crippen LogP) is 3.66. The monoisotopic (exact) mass is 355 g/mol. The van der Waals surface area contributed by atoms with E-state index in [1.165, 1.54) is 0 Å². The number of phenols is 1. The molecule has 0 saturated carbocycles. The highest BCUT2D eigenvalue weighted by atomic mass is 79.9. The van der Waals surface area contributed by atoms with E-state index in [2.05, 4.69) is 15.9 Å². The first kappa shape index (κ1) is 16.1. The van der Waals surface area contributed by atoms with Crippen molar-refractivity contribution in [1.29, 1.82) is 0 Å². The number of ether oxygens (including phenoxy) is 1. The molecule has 0 spiro atoms. The number of halogens is 3. The highest BCUT2D eigenvalue weighted by molar-refractivity contribution is 9.10. The molecule has 0 unspecified atom stereocenters. The number of nitrogens with two attached hydrogens (primary N) is 1. The van der Waals surface area contributed by atoms with E-state index in [-0.39, 0.29) is 24.2 Å². The lowest BCUT2D eigenvalue weighted by Crippen LogP contribution is -2.27. The maximum atomic E-state index is 10.0. The first-order valence-corrected chi connectivity index (χ1v) is 6.78. The molecule has 1 heterocycles. The molecule has 0 aliphatic carbocycles. The fourth-order valence-corrected chi connectivity index (χ4v) is 2.81. The Morgan fingerprint density at radius 1 is 1.39 bits per heavy atom. The van der Waals surface area contributed by atoms with Gasteiger partial charge in [0.15, 0.2) is 0 Å². The van der Waals surface area contributed by atoms with E-state index in [1.807, 2.05) is 0 Å². The average molecular weight is 357 g/mol. The second-order valence-corrected chi connectivity index (χ2v) is 5.53. The van der Waals surface area contributed by atoms with E-state index < -0.39 is 0 Å². The molecule has 1 fully saturated rings. The fourth-order valence-electron chi connectivity index (χ4n) is 2.18. The molecular formula is C12H16BrCl2NO2. The predicted molar refractivity (Wildman–Crippen MR) is 78.5 cm³/mol. The summed E-state index contributed by atoms with van der Waals surface area (Å²) in [7, 11) is 0. The molecule has 1 aliphatic heterocycles. The third-order valence-corrected chi connectivity index (χ3v) is 4.19. The number of aromatic hydroxyl groups is 1. The highest BCUT2D eigenvalue weighted by Crippen LogP contribution is 2.40. The van der Waals surface area contributed by atoms with Crippen LogP contribution in [0.15, 0.2) is 16.6 Å². The Kier molecular flexibility index (Phi) is 6.21. The Labute approximate surface area is 126 Å². The van der Waals surface area contributed by atoms with Crippen molar-refractivity contribution in [1.82, 2.24) is 0 Å².